The van der Waals surface area contributed by atoms with Crippen LogP contribution in [0.1, 0.15) is 11.7 Å². The van der Waals surface area contributed by atoms with Crippen molar-refractivity contribution in [3.8, 4) is 5.75 Å². The first-order valence-electron chi connectivity index (χ1n) is 4.04. The number of phenols is 1. The molecular formula is C9H11N2O3. The fourth-order valence-electron chi connectivity index (χ4n) is 1.06. The third-order valence-electron chi connectivity index (χ3n) is 1.81. The van der Waals surface area contributed by atoms with E-state index in [9.17, 15) is 15.0 Å². The van der Waals surface area contributed by atoms with Crippen LogP contribution in [0.15, 0.2) is 18.2 Å². The normalized spacial score (nSPS) is 12.1. The summed E-state index contributed by atoms with van der Waals surface area (Å²) in [5, 5.41) is 20.9. The monoisotopic (exact) mass is 195 g/mol. The van der Waals surface area contributed by atoms with Gasteiger partial charge in [0.05, 0.1) is 11.8 Å². The summed E-state index contributed by atoms with van der Waals surface area (Å²) in [7, 11) is 0. The van der Waals surface area contributed by atoms with Gasteiger partial charge in [0.15, 0.2) is 0 Å². The fraction of sp³-hybridized carbons (Fsp3) is 0.222. The van der Waals surface area contributed by atoms with Gasteiger partial charge in [0, 0.05) is 6.54 Å². The second-order valence-electron chi connectivity index (χ2n) is 2.76. The van der Waals surface area contributed by atoms with Gasteiger partial charge in [-0.05, 0) is 17.7 Å². The standard InChI is InChI=1S/C9H11N2O3/c10-4-9(14)6-1-2-8(13)7(3-6)11-5-12/h1-3,5,9-10,13-14H,4H2,(H,11,12). The van der Waals surface area contributed by atoms with Gasteiger partial charge in [-0.25, -0.2) is 0 Å². The first kappa shape index (κ1) is 10.5. The highest BCUT2D eigenvalue weighted by molar-refractivity contribution is 5.75. The number of hydrogen-bond acceptors (Lipinski definition) is 3. The molecule has 0 bridgehead atoms. The highest BCUT2D eigenvalue weighted by Gasteiger charge is 2.08. The Kier molecular flexibility index (Phi) is 3.44. The van der Waals surface area contributed by atoms with E-state index in [1.54, 1.807) is 0 Å². The maximum absolute atomic E-state index is 10.2. The lowest BCUT2D eigenvalue weighted by atomic mass is 10.1. The molecule has 14 heavy (non-hydrogen) atoms. The predicted octanol–water partition coefficient (Wildman–Crippen LogP) is 0.277. The Hall–Kier alpha value is -1.59. The first-order chi connectivity index (χ1) is 6.69. The largest absolute Gasteiger partial charge is 0.506 e. The molecule has 1 rings (SSSR count). The molecule has 0 aliphatic rings. The van der Waals surface area contributed by atoms with Crippen molar-refractivity contribution in [3.05, 3.63) is 23.8 Å². The zero-order valence-electron chi connectivity index (χ0n) is 7.40. The van der Waals surface area contributed by atoms with Crippen LogP contribution in [-0.4, -0.2) is 23.2 Å². The van der Waals surface area contributed by atoms with Gasteiger partial charge in [0.2, 0.25) is 6.41 Å². The van der Waals surface area contributed by atoms with Crippen molar-refractivity contribution in [2.24, 2.45) is 0 Å². The van der Waals surface area contributed by atoms with E-state index in [4.69, 9.17) is 5.73 Å². The topological polar surface area (TPSA) is 93.4 Å². The molecule has 1 radical (unpaired) electrons. The Morgan fingerprint density at radius 1 is 1.57 bits per heavy atom. The first-order valence-corrected chi connectivity index (χ1v) is 4.04. The average Bonchev–Trinajstić information content (AvgIpc) is 2.20. The third-order valence-corrected chi connectivity index (χ3v) is 1.81. The lowest BCUT2D eigenvalue weighted by molar-refractivity contribution is -0.105. The van der Waals surface area contributed by atoms with Crippen LogP contribution in [0.5, 0.6) is 5.75 Å². The summed E-state index contributed by atoms with van der Waals surface area (Å²) in [5.41, 5.74) is 7.68. The van der Waals surface area contributed by atoms with Gasteiger partial charge in [0.25, 0.3) is 0 Å². The fourth-order valence-corrected chi connectivity index (χ4v) is 1.06. The Balaban J connectivity index is 2.99. The van der Waals surface area contributed by atoms with Crippen LogP contribution in [0.3, 0.4) is 0 Å². The molecule has 0 heterocycles. The van der Waals surface area contributed by atoms with Crippen LogP contribution < -0.4 is 11.1 Å². The number of nitrogens with one attached hydrogen (secondary N) is 2. The smallest absolute Gasteiger partial charge is 0.211 e. The molecule has 0 saturated carbocycles. The summed E-state index contributed by atoms with van der Waals surface area (Å²) in [4.78, 5) is 10.2. The number of amides is 1. The van der Waals surface area contributed by atoms with E-state index >= 15 is 0 Å². The molecule has 5 heteroatoms. The zero-order chi connectivity index (χ0) is 10.6. The molecule has 5 nitrogen and oxygen atoms in total. The number of aliphatic hydroxyl groups excluding tert-OH is 1. The molecule has 0 aromatic heterocycles. The van der Waals surface area contributed by atoms with Gasteiger partial charge in [-0.1, -0.05) is 6.07 Å². The van der Waals surface area contributed by atoms with Gasteiger partial charge in [-0.3, -0.25) is 10.5 Å². The van der Waals surface area contributed by atoms with Crippen LogP contribution in [0.2, 0.25) is 0 Å². The molecule has 1 atom stereocenters. The van der Waals surface area contributed by atoms with E-state index in [1.807, 2.05) is 0 Å². The average molecular weight is 195 g/mol. The van der Waals surface area contributed by atoms with Crippen molar-refractivity contribution >= 4 is 12.1 Å². The maximum atomic E-state index is 10.2. The molecule has 1 unspecified atom stereocenters. The van der Waals surface area contributed by atoms with Gasteiger partial charge in [-0.15, -0.1) is 0 Å². The molecule has 1 aromatic carbocycles. The number of aromatic hydroxyl groups is 1. The second kappa shape index (κ2) is 4.59. The van der Waals surface area contributed by atoms with Crippen molar-refractivity contribution in [3.63, 3.8) is 0 Å². The molecule has 4 N–H and O–H groups in total. The minimum absolute atomic E-state index is 0.0713. The number of carbonyl (C=O) groups excluding carboxylic acids is 1. The Morgan fingerprint density at radius 3 is 2.86 bits per heavy atom. The van der Waals surface area contributed by atoms with E-state index in [0.29, 0.717) is 12.0 Å². The van der Waals surface area contributed by atoms with E-state index in [1.165, 1.54) is 18.2 Å². The molecular weight excluding hydrogens is 184 g/mol. The molecule has 75 valence electrons. The van der Waals surface area contributed by atoms with Gasteiger partial charge < -0.3 is 15.5 Å². The van der Waals surface area contributed by atoms with Gasteiger partial charge >= 0.3 is 0 Å². The predicted molar refractivity (Wildman–Crippen MR) is 50.7 cm³/mol. The molecule has 0 spiro atoms. The lowest BCUT2D eigenvalue weighted by Gasteiger charge is -2.10. The minimum Gasteiger partial charge on any atom is -0.506 e. The summed E-state index contributed by atoms with van der Waals surface area (Å²) in [5.74, 6) is -0.0713. The molecule has 0 aliphatic heterocycles. The summed E-state index contributed by atoms with van der Waals surface area (Å²) in [6, 6.07) is 4.30. The SMILES string of the molecule is [NH]CC(O)c1ccc(O)c(NC=O)c1. The van der Waals surface area contributed by atoms with Crippen LogP contribution in [0, 0.1) is 0 Å². The van der Waals surface area contributed by atoms with Crippen LogP contribution in [0.4, 0.5) is 5.69 Å². The minimum atomic E-state index is -0.900. The Morgan fingerprint density at radius 2 is 2.29 bits per heavy atom. The van der Waals surface area contributed by atoms with Gasteiger partial charge in [-0.2, -0.15) is 0 Å². The van der Waals surface area contributed by atoms with Crippen molar-refractivity contribution in [2.75, 3.05) is 11.9 Å². The van der Waals surface area contributed by atoms with Crippen LogP contribution in [-0.2, 0) is 4.79 Å². The van der Waals surface area contributed by atoms with E-state index in [2.05, 4.69) is 5.32 Å². The summed E-state index contributed by atoms with van der Waals surface area (Å²) < 4.78 is 0. The number of hydrogen-bond donors (Lipinski definition) is 3. The van der Waals surface area contributed by atoms with Crippen molar-refractivity contribution < 1.29 is 15.0 Å². The lowest BCUT2D eigenvalue weighted by Crippen LogP contribution is -2.04. The Bertz CT molecular complexity index is 328. The number of anilines is 1. The third kappa shape index (κ3) is 2.21. The number of rotatable bonds is 4. The highest BCUT2D eigenvalue weighted by Crippen LogP contribution is 2.26. The highest BCUT2D eigenvalue weighted by atomic mass is 16.3. The van der Waals surface area contributed by atoms with Crippen LogP contribution >= 0.6 is 0 Å². The zero-order valence-corrected chi connectivity index (χ0v) is 7.40. The molecule has 1 aromatic rings. The molecule has 0 fully saturated rings. The van der Waals surface area contributed by atoms with E-state index in [0.717, 1.165) is 0 Å². The van der Waals surface area contributed by atoms with Gasteiger partial charge in [0.1, 0.15) is 5.75 Å². The summed E-state index contributed by atoms with van der Waals surface area (Å²) in [6.07, 6.45) is -0.464. The maximum Gasteiger partial charge on any atom is 0.211 e. The van der Waals surface area contributed by atoms with E-state index in [-0.39, 0.29) is 18.0 Å². The number of carbonyl (C=O) groups is 1. The number of benzene rings is 1. The number of phenolic OH excluding ortho intramolecular Hbond substituents is 1. The molecule has 1 amide bonds. The van der Waals surface area contributed by atoms with Crippen molar-refractivity contribution in [2.45, 2.75) is 6.10 Å². The number of aliphatic hydroxyl groups is 1. The summed E-state index contributed by atoms with van der Waals surface area (Å²) in [6.45, 7) is -0.161. The van der Waals surface area contributed by atoms with Crippen molar-refractivity contribution in [1.29, 1.82) is 0 Å². The van der Waals surface area contributed by atoms with Crippen molar-refractivity contribution in [1.82, 2.24) is 5.73 Å². The molecule has 0 saturated heterocycles. The Labute approximate surface area is 81.2 Å². The molecule has 0 aliphatic carbocycles. The van der Waals surface area contributed by atoms with Crippen LogP contribution in [0.25, 0.3) is 0 Å². The second-order valence-corrected chi connectivity index (χ2v) is 2.76. The van der Waals surface area contributed by atoms with E-state index < -0.39 is 6.10 Å². The summed E-state index contributed by atoms with van der Waals surface area (Å²) >= 11 is 0. The quantitative estimate of drug-likeness (QED) is 0.475.